The number of rotatable bonds is 0. The molecular formula is C13H16. The monoisotopic (exact) mass is 172 g/mol. The Morgan fingerprint density at radius 2 is 1.38 bits per heavy atom. The first kappa shape index (κ1) is 6.86. The minimum atomic E-state index is 0.638. The van der Waals surface area contributed by atoms with Crippen molar-refractivity contribution in [3.05, 3.63) is 24.3 Å². The summed E-state index contributed by atoms with van der Waals surface area (Å²) in [6.07, 6.45) is 17.2. The van der Waals surface area contributed by atoms with E-state index >= 15 is 0 Å². The van der Waals surface area contributed by atoms with Crippen molar-refractivity contribution in [3.8, 4) is 0 Å². The van der Waals surface area contributed by atoms with Gasteiger partial charge in [-0.15, -0.1) is 0 Å². The maximum atomic E-state index is 2.53. The van der Waals surface area contributed by atoms with Crippen molar-refractivity contribution in [3.63, 3.8) is 0 Å². The summed E-state index contributed by atoms with van der Waals surface area (Å²) in [7, 11) is 0. The van der Waals surface area contributed by atoms with Crippen LogP contribution >= 0.6 is 0 Å². The standard InChI is InChI=1S/C13H16/c1-2-4-13-6-5-12(13,3-1)8-10-7-11(10)9-13/h1-2,5-6,10-11H,3-4,7-9H2/t10-,11+,12-,13-/m0/s1. The normalized spacial score (nSPS) is 60.3. The third kappa shape index (κ3) is 0.630. The summed E-state index contributed by atoms with van der Waals surface area (Å²) in [6, 6.07) is 0. The molecule has 4 atom stereocenters. The van der Waals surface area contributed by atoms with Gasteiger partial charge in [-0.2, -0.15) is 0 Å². The molecule has 0 radical (unpaired) electrons. The van der Waals surface area contributed by atoms with Gasteiger partial charge < -0.3 is 0 Å². The number of fused-ring (bicyclic) bond motifs is 1. The zero-order valence-electron chi connectivity index (χ0n) is 8.00. The molecule has 0 nitrogen and oxygen atoms in total. The fourth-order valence-corrected chi connectivity index (χ4v) is 4.14. The van der Waals surface area contributed by atoms with Crippen molar-refractivity contribution < 1.29 is 0 Å². The van der Waals surface area contributed by atoms with Crippen LogP contribution in [0.1, 0.15) is 32.1 Å². The number of hydrogen-bond acceptors (Lipinski definition) is 0. The van der Waals surface area contributed by atoms with Crippen molar-refractivity contribution in [1.29, 1.82) is 0 Å². The Morgan fingerprint density at radius 1 is 0.846 bits per heavy atom. The molecule has 13 heavy (non-hydrogen) atoms. The lowest BCUT2D eigenvalue weighted by Gasteiger charge is -2.58. The highest BCUT2D eigenvalue weighted by atomic mass is 14.7. The van der Waals surface area contributed by atoms with Gasteiger partial charge in [0, 0.05) is 10.8 Å². The summed E-state index contributed by atoms with van der Waals surface area (Å²) in [4.78, 5) is 0. The lowest BCUT2D eigenvalue weighted by Crippen LogP contribution is -2.49. The second-order valence-corrected chi connectivity index (χ2v) is 5.69. The fourth-order valence-electron chi connectivity index (χ4n) is 4.14. The van der Waals surface area contributed by atoms with Gasteiger partial charge in [-0.25, -0.2) is 0 Å². The van der Waals surface area contributed by atoms with Gasteiger partial charge in [-0.1, -0.05) is 24.3 Å². The molecule has 4 aliphatic rings. The molecule has 0 N–H and O–H groups in total. The van der Waals surface area contributed by atoms with E-state index in [1.807, 2.05) is 0 Å². The van der Waals surface area contributed by atoms with Gasteiger partial charge in [-0.3, -0.25) is 0 Å². The number of hydrogen-bond donors (Lipinski definition) is 0. The van der Waals surface area contributed by atoms with E-state index < -0.39 is 0 Å². The molecule has 4 rings (SSSR count). The van der Waals surface area contributed by atoms with Crippen LogP contribution in [0.4, 0.5) is 0 Å². The molecular weight excluding hydrogens is 156 g/mol. The zero-order chi connectivity index (χ0) is 8.52. The maximum Gasteiger partial charge on any atom is 0.00131 e. The van der Waals surface area contributed by atoms with Crippen LogP contribution in [0, 0.1) is 22.7 Å². The average molecular weight is 172 g/mol. The van der Waals surface area contributed by atoms with E-state index in [4.69, 9.17) is 0 Å². The highest BCUT2D eigenvalue weighted by Crippen LogP contribution is 2.72. The Bertz CT molecular complexity index is 295. The summed E-state index contributed by atoms with van der Waals surface area (Å²) in [6.45, 7) is 0. The van der Waals surface area contributed by atoms with Crippen molar-refractivity contribution in [2.24, 2.45) is 22.7 Å². The molecule has 0 heteroatoms. The van der Waals surface area contributed by atoms with Gasteiger partial charge in [-0.05, 0) is 43.9 Å². The Hall–Kier alpha value is -0.520. The lowest BCUT2D eigenvalue weighted by atomic mass is 9.45. The van der Waals surface area contributed by atoms with Gasteiger partial charge in [0.1, 0.15) is 0 Å². The highest BCUT2D eigenvalue weighted by molar-refractivity contribution is 5.35. The predicted octanol–water partition coefficient (Wildman–Crippen LogP) is 3.31. The quantitative estimate of drug-likeness (QED) is 0.492. The van der Waals surface area contributed by atoms with Gasteiger partial charge in [0.2, 0.25) is 0 Å². The Balaban J connectivity index is 1.83. The maximum absolute atomic E-state index is 2.53. The summed E-state index contributed by atoms with van der Waals surface area (Å²) in [5.74, 6) is 2.23. The van der Waals surface area contributed by atoms with E-state index in [2.05, 4.69) is 24.3 Å². The molecule has 2 saturated carbocycles. The van der Waals surface area contributed by atoms with E-state index in [1.54, 1.807) is 6.42 Å². The van der Waals surface area contributed by atoms with Crippen LogP contribution in [0.3, 0.4) is 0 Å². The highest BCUT2D eigenvalue weighted by Gasteiger charge is 2.62. The molecule has 0 unspecified atom stereocenters. The third-order valence-corrected chi connectivity index (χ3v) is 5.17. The van der Waals surface area contributed by atoms with Crippen LogP contribution in [0.25, 0.3) is 0 Å². The first-order chi connectivity index (χ1) is 6.34. The molecule has 68 valence electrons. The molecule has 0 aromatic carbocycles. The number of allylic oxidation sites excluding steroid dienone is 4. The van der Waals surface area contributed by atoms with Crippen LogP contribution in [0.2, 0.25) is 0 Å². The molecule has 0 spiro atoms. The first-order valence-corrected chi connectivity index (χ1v) is 5.69. The SMILES string of the molecule is C1=CC[C@@]23C=C[C@@]2(C1)C[C@H]1C[C@H]1C3. The molecule has 0 aromatic rings. The van der Waals surface area contributed by atoms with Crippen LogP contribution < -0.4 is 0 Å². The Kier molecular flexibility index (Phi) is 0.949. The minimum absolute atomic E-state index is 0.638. The van der Waals surface area contributed by atoms with Crippen LogP contribution in [0.5, 0.6) is 0 Å². The molecule has 0 saturated heterocycles. The second kappa shape index (κ2) is 1.80. The molecule has 0 heterocycles. The third-order valence-electron chi connectivity index (χ3n) is 5.17. The topological polar surface area (TPSA) is 0 Å². The van der Waals surface area contributed by atoms with E-state index in [9.17, 15) is 0 Å². The van der Waals surface area contributed by atoms with Gasteiger partial charge >= 0.3 is 0 Å². The molecule has 4 aliphatic carbocycles. The second-order valence-electron chi connectivity index (χ2n) is 5.69. The van der Waals surface area contributed by atoms with Gasteiger partial charge in [0.05, 0.1) is 0 Å². The van der Waals surface area contributed by atoms with Crippen LogP contribution in [-0.4, -0.2) is 0 Å². The van der Waals surface area contributed by atoms with E-state index in [1.165, 1.54) is 25.7 Å². The summed E-state index contributed by atoms with van der Waals surface area (Å²) >= 11 is 0. The zero-order valence-corrected chi connectivity index (χ0v) is 8.00. The van der Waals surface area contributed by atoms with Crippen LogP contribution in [0.15, 0.2) is 24.3 Å². The largest absolute Gasteiger partial charge is 0.0876 e. The van der Waals surface area contributed by atoms with Crippen molar-refractivity contribution in [1.82, 2.24) is 0 Å². The predicted molar refractivity (Wildman–Crippen MR) is 53.2 cm³/mol. The molecule has 0 aliphatic heterocycles. The lowest BCUT2D eigenvalue weighted by molar-refractivity contribution is 0.0323. The molecule has 0 amide bonds. The van der Waals surface area contributed by atoms with E-state index in [0.717, 1.165) is 11.8 Å². The van der Waals surface area contributed by atoms with Gasteiger partial charge in [0.15, 0.2) is 0 Å². The van der Waals surface area contributed by atoms with E-state index in [-0.39, 0.29) is 0 Å². The van der Waals surface area contributed by atoms with Crippen molar-refractivity contribution >= 4 is 0 Å². The fraction of sp³-hybridized carbons (Fsp3) is 0.692. The minimum Gasteiger partial charge on any atom is -0.0876 e. The Labute approximate surface area is 79.7 Å². The molecule has 2 fully saturated rings. The van der Waals surface area contributed by atoms with Crippen molar-refractivity contribution in [2.45, 2.75) is 32.1 Å². The molecule has 0 aromatic heterocycles. The first-order valence-electron chi connectivity index (χ1n) is 5.69. The summed E-state index contributed by atoms with van der Waals surface area (Å²) in [5.41, 5.74) is 1.28. The molecule has 0 bridgehead atoms. The Morgan fingerprint density at radius 3 is 1.85 bits per heavy atom. The smallest absolute Gasteiger partial charge is 0.00131 e. The van der Waals surface area contributed by atoms with E-state index in [0.29, 0.717) is 10.8 Å². The van der Waals surface area contributed by atoms with Crippen molar-refractivity contribution in [2.75, 3.05) is 0 Å². The summed E-state index contributed by atoms with van der Waals surface area (Å²) in [5, 5.41) is 0. The van der Waals surface area contributed by atoms with Crippen LogP contribution in [-0.2, 0) is 0 Å². The average Bonchev–Trinajstić information content (AvgIpc) is 2.84. The van der Waals surface area contributed by atoms with Gasteiger partial charge in [0.25, 0.3) is 0 Å². The summed E-state index contributed by atoms with van der Waals surface area (Å²) < 4.78 is 0.